The summed E-state index contributed by atoms with van der Waals surface area (Å²) in [5.74, 6) is 1.64. The normalized spacial score (nSPS) is 34.9. The Bertz CT molecular complexity index is 234. The molecule has 0 spiro atoms. The van der Waals surface area contributed by atoms with E-state index in [4.69, 9.17) is 5.73 Å². The van der Waals surface area contributed by atoms with Gasteiger partial charge >= 0.3 is 0 Å². The maximum Gasteiger partial charge on any atom is 0.0122 e. The predicted molar refractivity (Wildman–Crippen MR) is 56.3 cm³/mol. The van der Waals surface area contributed by atoms with E-state index in [0.29, 0.717) is 6.04 Å². The van der Waals surface area contributed by atoms with Crippen LogP contribution in [0.1, 0.15) is 40.0 Å². The van der Waals surface area contributed by atoms with Gasteiger partial charge in [0, 0.05) is 6.04 Å². The molecule has 74 valence electrons. The number of hydrogen-bond donors (Lipinski definition) is 1. The highest BCUT2D eigenvalue weighted by atomic mass is 14.7. The van der Waals surface area contributed by atoms with Crippen LogP contribution in [-0.4, -0.2) is 6.04 Å². The first-order valence-corrected chi connectivity index (χ1v) is 5.42. The van der Waals surface area contributed by atoms with Crippen LogP contribution >= 0.6 is 0 Å². The van der Waals surface area contributed by atoms with Crippen molar-refractivity contribution in [2.24, 2.45) is 23.0 Å². The SMILES string of the molecule is CC(C)(C)C(N)C1CC2=CCC1C2. The minimum Gasteiger partial charge on any atom is -0.327 e. The van der Waals surface area contributed by atoms with Gasteiger partial charge in [-0.25, -0.2) is 0 Å². The summed E-state index contributed by atoms with van der Waals surface area (Å²) in [5, 5.41) is 0. The molecule has 1 heteroatoms. The molecule has 2 aliphatic rings. The van der Waals surface area contributed by atoms with Crippen molar-refractivity contribution in [2.75, 3.05) is 0 Å². The van der Waals surface area contributed by atoms with Gasteiger partial charge in [-0.05, 0) is 36.5 Å². The molecule has 2 N–H and O–H groups in total. The van der Waals surface area contributed by atoms with Gasteiger partial charge in [-0.3, -0.25) is 0 Å². The Morgan fingerprint density at radius 1 is 1.38 bits per heavy atom. The zero-order chi connectivity index (χ0) is 9.64. The number of nitrogens with two attached hydrogens (primary N) is 1. The summed E-state index contributed by atoms with van der Waals surface area (Å²) in [6.07, 6.45) is 6.35. The van der Waals surface area contributed by atoms with Gasteiger partial charge in [0.2, 0.25) is 0 Å². The lowest BCUT2D eigenvalue weighted by atomic mass is 9.74. The molecule has 0 aromatic heterocycles. The predicted octanol–water partition coefficient (Wildman–Crippen LogP) is 2.72. The van der Waals surface area contributed by atoms with E-state index in [-0.39, 0.29) is 5.41 Å². The third-order valence-corrected chi connectivity index (χ3v) is 3.80. The largest absolute Gasteiger partial charge is 0.327 e. The summed E-state index contributed by atoms with van der Waals surface area (Å²) < 4.78 is 0. The Morgan fingerprint density at radius 3 is 2.46 bits per heavy atom. The van der Waals surface area contributed by atoms with Gasteiger partial charge < -0.3 is 5.73 Å². The van der Waals surface area contributed by atoms with E-state index in [9.17, 15) is 0 Å². The minimum absolute atomic E-state index is 0.274. The molecule has 1 fully saturated rings. The van der Waals surface area contributed by atoms with E-state index in [1.165, 1.54) is 19.3 Å². The maximum atomic E-state index is 6.32. The average molecular weight is 179 g/mol. The Morgan fingerprint density at radius 2 is 2.08 bits per heavy atom. The molecule has 0 aromatic rings. The van der Waals surface area contributed by atoms with E-state index in [1.807, 2.05) is 0 Å². The Labute approximate surface area is 81.4 Å². The lowest BCUT2D eigenvalue weighted by Gasteiger charge is -2.35. The monoisotopic (exact) mass is 179 g/mol. The lowest BCUT2D eigenvalue weighted by molar-refractivity contribution is 0.198. The molecule has 13 heavy (non-hydrogen) atoms. The van der Waals surface area contributed by atoms with E-state index in [0.717, 1.165) is 11.8 Å². The quantitative estimate of drug-likeness (QED) is 0.615. The van der Waals surface area contributed by atoms with Crippen molar-refractivity contribution in [3.05, 3.63) is 11.6 Å². The summed E-state index contributed by atoms with van der Waals surface area (Å²) in [6.45, 7) is 6.79. The topological polar surface area (TPSA) is 26.0 Å². The van der Waals surface area contributed by atoms with Gasteiger partial charge in [0.25, 0.3) is 0 Å². The fourth-order valence-electron chi connectivity index (χ4n) is 2.85. The highest BCUT2D eigenvalue weighted by molar-refractivity contribution is 5.20. The summed E-state index contributed by atoms with van der Waals surface area (Å²) >= 11 is 0. The summed E-state index contributed by atoms with van der Waals surface area (Å²) in [5.41, 5.74) is 8.26. The first kappa shape index (κ1) is 9.26. The number of fused-ring (bicyclic) bond motifs is 2. The molecular weight excluding hydrogens is 158 g/mol. The first-order chi connectivity index (χ1) is 5.98. The number of allylic oxidation sites excluding steroid dienone is 2. The summed E-state index contributed by atoms with van der Waals surface area (Å²) in [7, 11) is 0. The van der Waals surface area contributed by atoms with Crippen LogP contribution in [0.25, 0.3) is 0 Å². The van der Waals surface area contributed by atoms with E-state index in [1.54, 1.807) is 5.57 Å². The molecule has 1 nitrogen and oxygen atoms in total. The molecule has 0 radical (unpaired) electrons. The van der Waals surface area contributed by atoms with Gasteiger partial charge in [0.1, 0.15) is 0 Å². The van der Waals surface area contributed by atoms with Crippen LogP contribution in [0.3, 0.4) is 0 Å². The fraction of sp³-hybridized carbons (Fsp3) is 0.833. The molecule has 0 aromatic carbocycles. The van der Waals surface area contributed by atoms with Crippen LogP contribution in [0.15, 0.2) is 11.6 Å². The smallest absolute Gasteiger partial charge is 0.0122 e. The second-order valence-electron chi connectivity index (χ2n) is 5.82. The van der Waals surface area contributed by atoms with E-state index in [2.05, 4.69) is 26.8 Å². The van der Waals surface area contributed by atoms with Crippen molar-refractivity contribution in [3.63, 3.8) is 0 Å². The van der Waals surface area contributed by atoms with Gasteiger partial charge in [-0.2, -0.15) is 0 Å². The van der Waals surface area contributed by atoms with Gasteiger partial charge in [0.05, 0.1) is 0 Å². The van der Waals surface area contributed by atoms with Crippen molar-refractivity contribution in [1.82, 2.24) is 0 Å². The maximum absolute atomic E-state index is 6.32. The van der Waals surface area contributed by atoms with E-state index < -0.39 is 0 Å². The molecule has 0 saturated heterocycles. The molecule has 3 unspecified atom stereocenters. The van der Waals surface area contributed by atoms with E-state index >= 15 is 0 Å². The second kappa shape index (κ2) is 2.84. The van der Waals surface area contributed by atoms with Crippen molar-refractivity contribution < 1.29 is 0 Å². The third-order valence-electron chi connectivity index (χ3n) is 3.80. The van der Waals surface area contributed by atoms with Gasteiger partial charge in [-0.15, -0.1) is 0 Å². The van der Waals surface area contributed by atoms with Crippen LogP contribution < -0.4 is 5.73 Å². The molecule has 2 aliphatic carbocycles. The molecule has 0 heterocycles. The average Bonchev–Trinajstić information content (AvgIpc) is 2.60. The number of hydrogen-bond acceptors (Lipinski definition) is 1. The standard InChI is InChI=1S/C12H21N/c1-12(2,3)11(13)10-7-8-4-5-9(10)6-8/h4,9-11H,5-7,13H2,1-3H3. The molecule has 2 bridgehead atoms. The molecule has 3 atom stereocenters. The van der Waals surface area contributed by atoms with Crippen molar-refractivity contribution >= 4 is 0 Å². The van der Waals surface area contributed by atoms with Gasteiger partial charge in [-0.1, -0.05) is 32.4 Å². The Balaban J connectivity index is 2.07. The Hall–Kier alpha value is -0.300. The highest BCUT2D eigenvalue weighted by Gasteiger charge is 2.40. The molecule has 0 aliphatic heterocycles. The fourth-order valence-corrected chi connectivity index (χ4v) is 2.85. The van der Waals surface area contributed by atoms with Crippen LogP contribution in [0.5, 0.6) is 0 Å². The van der Waals surface area contributed by atoms with Crippen LogP contribution in [-0.2, 0) is 0 Å². The van der Waals surface area contributed by atoms with Crippen LogP contribution in [0.2, 0.25) is 0 Å². The molecule has 2 rings (SSSR count). The highest BCUT2D eigenvalue weighted by Crippen LogP contribution is 2.47. The van der Waals surface area contributed by atoms with Crippen molar-refractivity contribution in [3.8, 4) is 0 Å². The number of rotatable bonds is 1. The van der Waals surface area contributed by atoms with Gasteiger partial charge in [0.15, 0.2) is 0 Å². The third kappa shape index (κ3) is 1.54. The zero-order valence-corrected chi connectivity index (χ0v) is 9.01. The minimum atomic E-state index is 0.274. The second-order valence-corrected chi connectivity index (χ2v) is 5.82. The molecular formula is C12H21N. The summed E-state index contributed by atoms with van der Waals surface area (Å²) in [4.78, 5) is 0. The Kier molecular flexibility index (Phi) is 2.03. The lowest BCUT2D eigenvalue weighted by Crippen LogP contribution is -2.43. The van der Waals surface area contributed by atoms with Crippen LogP contribution in [0, 0.1) is 17.3 Å². The summed E-state index contributed by atoms with van der Waals surface area (Å²) in [6, 6.07) is 0.378. The van der Waals surface area contributed by atoms with Crippen LogP contribution in [0.4, 0.5) is 0 Å². The van der Waals surface area contributed by atoms with Crippen molar-refractivity contribution in [2.45, 2.75) is 46.1 Å². The van der Waals surface area contributed by atoms with Crippen molar-refractivity contribution in [1.29, 1.82) is 0 Å². The first-order valence-electron chi connectivity index (χ1n) is 5.42. The molecule has 0 amide bonds. The zero-order valence-electron chi connectivity index (χ0n) is 9.01. The molecule has 1 saturated carbocycles.